The van der Waals surface area contributed by atoms with Crippen molar-refractivity contribution in [3.05, 3.63) is 35.9 Å². The summed E-state index contributed by atoms with van der Waals surface area (Å²) in [5, 5.41) is 2.96. The predicted molar refractivity (Wildman–Crippen MR) is 112 cm³/mol. The van der Waals surface area contributed by atoms with E-state index in [1.165, 1.54) is 12.8 Å². The van der Waals surface area contributed by atoms with E-state index < -0.39 is 12.1 Å². The smallest absolute Gasteiger partial charge is 0.246 e. The molecule has 0 aliphatic carbocycles. The third kappa shape index (κ3) is 6.13. The quantitative estimate of drug-likeness (QED) is 0.457. The van der Waals surface area contributed by atoms with Crippen LogP contribution in [0.4, 0.5) is 0 Å². The van der Waals surface area contributed by atoms with E-state index in [0.29, 0.717) is 25.8 Å². The monoisotopic (exact) mass is 399 g/mol. The van der Waals surface area contributed by atoms with Crippen LogP contribution in [0.3, 0.4) is 0 Å². The number of nitrogens with zero attached hydrogens (tertiary/aromatic N) is 2. The SMILES string of the molecule is O=CCCCCC1C(=O)NC(Cc2ccccc2)C(=O)N1CCCN1CCCC1. The zero-order valence-electron chi connectivity index (χ0n) is 17.2. The Hall–Kier alpha value is -2.21. The maximum absolute atomic E-state index is 13.2. The lowest BCUT2D eigenvalue weighted by molar-refractivity contribution is -0.149. The lowest BCUT2D eigenvalue weighted by Gasteiger charge is -2.39. The molecule has 1 aromatic carbocycles. The molecule has 6 nitrogen and oxygen atoms in total. The van der Waals surface area contributed by atoms with E-state index in [0.717, 1.165) is 50.7 Å². The highest BCUT2D eigenvalue weighted by Crippen LogP contribution is 2.19. The van der Waals surface area contributed by atoms with Gasteiger partial charge in [0, 0.05) is 19.4 Å². The van der Waals surface area contributed by atoms with Gasteiger partial charge in [-0.3, -0.25) is 9.59 Å². The molecule has 2 unspecified atom stereocenters. The van der Waals surface area contributed by atoms with Gasteiger partial charge < -0.3 is 19.9 Å². The van der Waals surface area contributed by atoms with Gasteiger partial charge in [0.15, 0.2) is 0 Å². The van der Waals surface area contributed by atoms with E-state index in [1.807, 2.05) is 35.2 Å². The van der Waals surface area contributed by atoms with E-state index in [-0.39, 0.29) is 11.8 Å². The van der Waals surface area contributed by atoms with Crippen LogP contribution in [0.2, 0.25) is 0 Å². The molecule has 3 rings (SSSR count). The number of hydrogen-bond donors (Lipinski definition) is 1. The Morgan fingerprint density at radius 2 is 1.76 bits per heavy atom. The van der Waals surface area contributed by atoms with Gasteiger partial charge >= 0.3 is 0 Å². The molecule has 1 N–H and O–H groups in total. The molecular weight excluding hydrogens is 366 g/mol. The van der Waals surface area contributed by atoms with Gasteiger partial charge in [-0.25, -0.2) is 0 Å². The summed E-state index contributed by atoms with van der Waals surface area (Å²) >= 11 is 0. The second-order valence-electron chi connectivity index (χ2n) is 8.15. The van der Waals surface area contributed by atoms with Gasteiger partial charge in [0.25, 0.3) is 0 Å². The average Bonchev–Trinajstić information content (AvgIpc) is 3.24. The molecule has 0 bridgehead atoms. The fourth-order valence-electron chi connectivity index (χ4n) is 4.40. The number of piperazine rings is 1. The van der Waals surface area contributed by atoms with Crippen LogP contribution in [-0.4, -0.2) is 66.2 Å². The van der Waals surface area contributed by atoms with Gasteiger partial charge in [-0.05, 0) is 57.3 Å². The van der Waals surface area contributed by atoms with Crippen LogP contribution in [0, 0.1) is 0 Å². The summed E-state index contributed by atoms with van der Waals surface area (Å²) in [5.74, 6) is -0.0342. The highest BCUT2D eigenvalue weighted by molar-refractivity contribution is 5.97. The third-order valence-electron chi connectivity index (χ3n) is 5.98. The standard InChI is InChI=1S/C23H33N3O3/c27-17-8-2-5-12-21-22(28)24-20(18-19-10-3-1-4-11-19)23(29)26(21)16-9-15-25-13-6-7-14-25/h1,3-4,10-11,17,20-21H,2,5-9,12-16,18H2,(H,24,28). The highest BCUT2D eigenvalue weighted by atomic mass is 16.2. The molecule has 6 heteroatoms. The summed E-state index contributed by atoms with van der Waals surface area (Å²) in [7, 11) is 0. The maximum Gasteiger partial charge on any atom is 0.246 e. The van der Waals surface area contributed by atoms with E-state index in [9.17, 15) is 14.4 Å². The van der Waals surface area contributed by atoms with Crippen molar-refractivity contribution in [3.63, 3.8) is 0 Å². The van der Waals surface area contributed by atoms with E-state index in [2.05, 4.69) is 10.2 Å². The Kier molecular flexibility index (Phi) is 8.23. The van der Waals surface area contributed by atoms with Gasteiger partial charge in [-0.1, -0.05) is 36.8 Å². The number of rotatable bonds is 11. The third-order valence-corrected chi connectivity index (χ3v) is 5.98. The number of unbranched alkanes of at least 4 members (excludes halogenated alkanes) is 2. The molecule has 2 saturated heterocycles. The Morgan fingerprint density at radius 3 is 2.48 bits per heavy atom. The number of hydrogen-bond acceptors (Lipinski definition) is 4. The molecule has 2 fully saturated rings. The summed E-state index contributed by atoms with van der Waals surface area (Å²) in [6, 6.07) is 8.92. The summed E-state index contributed by atoms with van der Waals surface area (Å²) in [6.07, 6.45) is 7.49. The molecule has 2 aliphatic rings. The number of benzene rings is 1. The van der Waals surface area contributed by atoms with Crippen LogP contribution in [0.5, 0.6) is 0 Å². The first-order valence-electron chi connectivity index (χ1n) is 11.0. The first-order chi connectivity index (χ1) is 14.2. The van der Waals surface area contributed by atoms with Crippen LogP contribution in [0.15, 0.2) is 30.3 Å². The first-order valence-corrected chi connectivity index (χ1v) is 11.0. The van der Waals surface area contributed by atoms with Crippen molar-refractivity contribution in [1.29, 1.82) is 0 Å². The molecule has 2 atom stereocenters. The molecule has 0 radical (unpaired) electrons. The molecule has 2 aliphatic heterocycles. The van der Waals surface area contributed by atoms with E-state index in [1.54, 1.807) is 0 Å². The van der Waals surface area contributed by atoms with Crippen molar-refractivity contribution < 1.29 is 14.4 Å². The Labute approximate surface area is 173 Å². The highest BCUT2D eigenvalue weighted by Gasteiger charge is 2.39. The minimum absolute atomic E-state index is 0.0234. The second-order valence-corrected chi connectivity index (χ2v) is 8.15. The van der Waals surface area contributed by atoms with Crippen molar-refractivity contribution in [2.45, 2.75) is 63.5 Å². The minimum Gasteiger partial charge on any atom is -0.342 e. The van der Waals surface area contributed by atoms with E-state index in [4.69, 9.17) is 0 Å². The van der Waals surface area contributed by atoms with Crippen LogP contribution < -0.4 is 5.32 Å². The maximum atomic E-state index is 13.2. The van der Waals surface area contributed by atoms with Gasteiger partial charge in [0.05, 0.1) is 0 Å². The van der Waals surface area contributed by atoms with Crippen LogP contribution in [0.25, 0.3) is 0 Å². The second kappa shape index (κ2) is 11.1. The Morgan fingerprint density at radius 1 is 1.00 bits per heavy atom. The molecule has 158 valence electrons. The van der Waals surface area contributed by atoms with Gasteiger partial charge in [-0.15, -0.1) is 0 Å². The van der Waals surface area contributed by atoms with Gasteiger partial charge in [0.2, 0.25) is 11.8 Å². The van der Waals surface area contributed by atoms with Crippen molar-refractivity contribution in [1.82, 2.24) is 15.1 Å². The number of amides is 2. The van der Waals surface area contributed by atoms with Crippen molar-refractivity contribution in [2.24, 2.45) is 0 Å². The topological polar surface area (TPSA) is 69.7 Å². The van der Waals surface area contributed by atoms with Gasteiger partial charge in [0.1, 0.15) is 18.4 Å². The molecule has 29 heavy (non-hydrogen) atoms. The molecular formula is C23H33N3O3. The van der Waals surface area contributed by atoms with Crippen LogP contribution >= 0.6 is 0 Å². The van der Waals surface area contributed by atoms with E-state index >= 15 is 0 Å². The molecule has 0 aromatic heterocycles. The first kappa shape index (κ1) is 21.5. The average molecular weight is 400 g/mol. The Bertz CT molecular complexity index is 673. The molecule has 1 aromatic rings. The van der Waals surface area contributed by atoms with Crippen molar-refractivity contribution >= 4 is 18.1 Å². The minimum atomic E-state index is -0.497. The lowest BCUT2D eigenvalue weighted by atomic mass is 9.97. The molecule has 0 saturated carbocycles. The molecule has 2 heterocycles. The number of carbonyl (C=O) groups is 3. The number of carbonyl (C=O) groups excluding carboxylic acids is 3. The zero-order valence-corrected chi connectivity index (χ0v) is 17.2. The van der Waals surface area contributed by atoms with Crippen LogP contribution in [0.1, 0.15) is 50.5 Å². The number of likely N-dealkylation sites (tertiary alicyclic amines) is 1. The molecule has 0 spiro atoms. The summed E-state index contributed by atoms with van der Waals surface area (Å²) in [4.78, 5) is 40.9. The zero-order chi connectivity index (χ0) is 20.5. The Balaban J connectivity index is 1.63. The molecule has 2 amide bonds. The van der Waals surface area contributed by atoms with Crippen LogP contribution in [-0.2, 0) is 20.8 Å². The fourth-order valence-corrected chi connectivity index (χ4v) is 4.40. The number of aldehydes is 1. The van der Waals surface area contributed by atoms with Crippen molar-refractivity contribution in [2.75, 3.05) is 26.2 Å². The largest absolute Gasteiger partial charge is 0.342 e. The van der Waals surface area contributed by atoms with Crippen molar-refractivity contribution in [3.8, 4) is 0 Å². The number of nitrogens with one attached hydrogen (secondary N) is 1. The summed E-state index contributed by atoms with van der Waals surface area (Å²) in [5.41, 5.74) is 1.05. The summed E-state index contributed by atoms with van der Waals surface area (Å²) in [6.45, 7) is 3.87. The lowest BCUT2D eigenvalue weighted by Crippen LogP contribution is -2.64. The fraction of sp³-hybridized carbons (Fsp3) is 0.609. The summed E-state index contributed by atoms with van der Waals surface area (Å²) < 4.78 is 0. The van der Waals surface area contributed by atoms with Gasteiger partial charge in [-0.2, -0.15) is 0 Å². The normalized spacial score (nSPS) is 22.7. The predicted octanol–water partition coefficient (Wildman–Crippen LogP) is 2.17.